The molecule has 0 bridgehead atoms. The Kier molecular flexibility index (Phi) is 5.56. The van der Waals surface area contributed by atoms with Gasteiger partial charge >= 0.3 is 0 Å². The van der Waals surface area contributed by atoms with Crippen molar-refractivity contribution < 1.29 is 14.1 Å². The zero-order valence-corrected chi connectivity index (χ0v) is 17.8. The van der Waals surface area contributed by atoms with Crippen molar-refractivity contribution in [2.75, 3.05) is 13.2 Å². The molecule has 162 valence electrons. The average Bonchev–Trinajstić information content (AvgIpc) is 3.47. The number of nitrogens with one attached hydrogen (secondary N) is 2. The molecule has 2 aromatic heterocycles. The van der Waals surface area contributed by atoms with Crippen molar-refractivity contribution in [3.8, 4) is 33.9 Å². The highest BCUT2D eigenvalue weighted by Crippen LogP contribution is 2.34. The lowest BCUT2D eigenvalue weighted by atomic mass is 10.0. The Bertz CT molecular complexity index is 1210. The van der Waals surface area contributed by atoms with Gasteiger partial charge in [-0.3, -0.25) is 4.79 Å². The first-order valence-electron chi connectivity index (χ1n) is 10.8. The summed E-state index contributed by atoms with van der Waals surface area (Å²) in [5.74, 6) is 1.37. The van der Waals surface area contributed by atoms with Crippen LogP contribution < -0.4 is 5.32 Å². The molecule has 32 heavy (non-hydrogen) atoms. The summed E-state index contributed by atoms with van der Waals surface area (Å²) < 4.78 is 10.8. The molecule has 7 heteroatoms. The van der Waals surface area contributed by atoms with Crippen molar-refractivity contribution >= 4 is 5.91 Å². The summed E-state index contributed by atoms with van der Waals surface area (Å²) in [5, 5.41) is 7.33. The normalized spacial score (nSPS) is 14.4. The zero-order valence-electron chi connectivity index (χ0n) is 17.8. The van der Waals surface area contributed by atoms with Crippen LogP contribution in [0.4, 0.5) is 0 Å². The van der Waals surface area contributed by atoms with E-state index in [1.165, 1.54) is 0 Å². The van der Waals surface area contributed by atoms with Crippen molar-refractivity contribution in [3.05, 3.63) is 72.1 Å². The van der Waals surface area contributed by atoms with E-state index in [2.05, 4.69) is 15.5 Å². The SMILES string of the molecule is Cc1onc(-c2ccccc2)c1-c1c[nH]c(-c2ccc(C(=O)NC3CCOCC3)cc2)n1. The molecule has 3 heterocycles. The lowest BCUT2D eigenvalue weighted by Crippen LogP contribution is -2.38. The van der Waals surface area contributed by atoms with Crippen LogP contribution in [0.2, 0.25) is 0 Å². The van der Waals surface area contributed by atoms with Gasteiger partial charge in [-0.05, 0) is 31.9 Å². The molecule has 1 fully saturated rings. The summed E-state index contributed by atoms with van der Waals surface area (Å²) >= 11 is 0. The van der Waals surface area contributed by atoms with Crippen LogP contribution in [0.25, 0.3) is 33.9 Å². The fraction of sp³-hybridized carbons (Fsp3) is 0.240. The number of amides is 1. The third kappa shape index (κ3) is 4.07. The Morgan fingerprint density at radius 1 is 1.03 bits per heavy atom. The van der Waals surface area contributed by atoms with E-state index in [9.17, 15) is 4.79 Å². The number of nitrogens with zero attached hydrogens (tertiary/aromatic N) is 2. The monoisotopic (exact) mass is 428 g/mol. The highest BCUT2D eigenvalue weighted by Gasteiger charge is 2.20. The van der Waals surface area contributed by atoms with Crippen molar-refractivity contribution in [2.45, 2.75) is 25.8 Å². The van der Waals surface area contributed by atoms with Gasteiger partial charge in [-0.25, -0.2) is 4.98 Å². The fourth-order valence-electron chi connectivity index (χ4n) is 3.95. The van der Waals surface area contributed by atoms with E-state index in [1.807, 2.05) is 67.7 Å². The van der Waals surface area contributed by atoms with Crippen molar-refractivity contribution in [2.24, 2.45) is 0 Å². The van der Waals surface area contributed by atoms with E-state index in [-0.39, 0.29) is 11.9 Å². The first kappa shape index (κ1) is 20.2. The number of rotatable bonds is 5. The molecule has 4 aromatic rings. The van der Waals surface area contributed by atoms with E-state index >= 15 is 0 Å². The molecule has 0 spiro atoms. The number of carbonyl (C=O) groups is 1. The van der Waals surface area contributed by atoms with E-state index in [1.54, 1.807) is 0 Å². The Balaban J connectivity index is 1.36. The Morgan fingerprint density at radius 3 is 2.53 bits per heavy atom. The van der Waals surface area contributed by atoms with E-state index in [4.69, 9.17) is 14.2 Å². The van der Waals surface area contributed by atoms with Crippen molar-refractivity contribution in [1.29, 1.82) is 0 Å². The Labute approximate surface area is 185 Å². The minimum atomic E-state index is -0.0591. The molecule has 0 saturated carbocycles. The highest BCUT2D eigenvalue weighted by atomic mass is 16.5. The second kappa shape index (κ2) is 8.80. The summed E-state index contributed by atoms with van der Waals surface area (Å²) in [5.41, 5.74) is 4.90. The Morgan fingerprint density at radius 2 is 1.78 bits per heavy atom. The first-order chi connectivity index (χ1) is 15.7. The largest absolute Gasteiger partial charge is 0.381 e. The molecule has 1 amide bonds. The molecule has 1 saturated heterocycles. The zero-order chi connectivity index (χ0) is 21.9. The molecule has 2 N–H and O–H groups in total. The predicted octanol–water partition coefficient (Wildman–Crippen LogP) is 4.62. The molecule has 0 atom stereocenters. The van der Waals surface area contributed by atoms with Crippen LogP contribution in [-0.4, -0.2) is 40.3 Å². The number of H-pyrrole nitrogens is 1. The minimum Gasteiger partial charge on any atom is -0.381 e. The van der Waals surface area contributed by atoms with Crippen LogP contribution in [0.3, 0.4) is 0 Å². The molecule has 5 rings (SSSR count). The van der Waals surface area contributed by atoms with Gasteiger partial charge in [-0.2, -0.15) is 0 Å². The van der Waals surface area contributed by atoms with E-state index in [0.29, 0.717) is 24.5 Å². The fourth-order valence-corrected chi connectivity index (χ4v) is 3.95. The number of aromatic amines is 1. The number of aromatic nitrogens is 3. The lowest BCUT2D eigenvalue weighted by molar-refractivity contribution is 0.0696. The third-order valence-electron chi connectivity index (χ3n) is 5.72. The summed E-state index contributed by atoms with van der Waals surface area (Å²) in [7, 11) is 0. The standard InChI is InChI=1S/C25H24N4O3/c1-16-22(23(29-32-16)17-5-3-2-4-6-17)21-15-26-24(28-21)18-7-9-19(10-8-18)25(30)27-20-11-13-31-14-12-20/h2-10,15,20H,11-14H2,1H3,(H,26,28)(H,27,30). The molecular formula is C25H24N4O3. The van der Waals surface area contributed by atoms with Crippen LogP contribution in [0, 0.1) is 6.92 Å². The number of hydrogen-bond donors (Lipinski definition) is 2. The predicted molar refractivity (Wildman–Crippen MR) is 121 cm³/mol. The van der Waals surface area contributed by atoms with Gasteiger partial charge in [0, 0.05) is 42.1 Å². The van der Waals surface area contributed by atoms with Crippen LogP contribution in [0.15, 0.2) is 65.3 Å². The van der Waals surface area contributed by atoms with Crippen LogP contribution in [0.5, 0.6) is 0 Å². The van der Waals surface area contributed by atoms with Gasteiger partial charge in [0.05, 0.1) is 11.3 Å². The molecule has 0 aliphatic carbocycles. The second-order valence-corrected chi connectivity index (χ2v) is 7.90. The lowest BCUT2D eigenvalue weighted by Gasteiger charge is -2.23. The molecule has 2 aromatic carbocycles. The highest BCUT2D eigenvalue weighted by molar-refractivity contribution is 5.94. The molecule has 1 aliphatic rings. The van der Waals surface area contributed by atoms with Gasteiger partial charge in [0.1, 0.15) is 17.3 Å². The van der Waals surface area contributed by atoms with Gasteiger partial charge in [-0.1, -0.05) is 47.6 Å². The van der Waals surface area contributed by atoms with Gasteiger partial charge in [-0.15, -0.1) is 0 Å². The number of aryl methyl sites for hydroxylation is 1. The summed E-state index contributed by atoms with van der Waals surface area (Å²) in [6.45, 7) is 3.28. The first-order valence-corrected chi connectivity index (χ1v) is 10.8. The van der Waals surface area contributed by atoms with Crippen molar-refractivity contribution in [1.82, 2.24) is 20.4 Å². The average molecular weight is 428 g/mol. The maximum absolute atomic E-state index is 12.5. The summed E-state index contributed by atoms with van der Waals surface area (Å²) in [6.07, 6.45) is 3.56. The summed E-state index contributed by atoms with van der Waals surface area (Å²) in [6, 6.07) is 17.5. The maximum atomic E-state index is 12.5. The van der Waals surface area contributed by atoms with Gasteiger partial charge < -0.3 is 19.6 Å². The Hall–Kier alpha value is -3.71. The molecule has 7 nitrogen and oxygen atoms in total. The van der Waals surface area contributed by atoms with Gasteiger partial charge in [0.15, 0.2) is 0 Å². The van der Waals surface area contributed by atoms with E-state index in [0.717, 1.165) is 46.7 Å². The van der Waals surface area contributed by atoms with Crippen LogP contribution >= 0.6 is 0 Å². The smallest absolute Gasteiger partial charge is 0.251 e. The number of ether oxygens (including phenoxy) is 1. The van der Waals surface area contributed by atoms with Gasteiger partial charge in [0.2, 0.25) is 0 Å². The molecule has 1 aliphatic heterocycles. The third-order valence-corrected chi connectivity index (χ3v) is 5.72. The number of imidazole rings is 1. The van der Waals surface area contributed by atoms with Crippen LogP contribution in [0.1, 0.15) is 29.0 Å². The number of carbonyl (C=O) groups excluding carboxylic acids is 1. The summed E-state index contributed by atoms with van der Waals surface area (Å²) in [4.78, 5) is 20.5. The van der Waals surface area contributed by atoms with E-state index < -0.39 is 0 Å². The molecule has 0 unspecified atom stereocenters. The second-order valence-electron chi connectivity index (χ2n) is 7.90. The molecule has 0 radical (unpaired) electrons. The minimum absolute atomic E-state index is 0.0591. The maximum Gasteiger partial charge on any atom is 0.251 e. The quantitative estimate of drug-likeness (QED) is 0.484. The topological polar surface area (TPSA) is 93.0 Å². The number of benzene rings is 2. The van der Waals surface area contributed by atoms with Crippen LogP contribution in [-0.2, 0) is 4.74 Å². The number of hydrogen-bond acceptors (Lipinski definition) is 5. The van der Waals surface area contributed by atoms with Gasteiger partial charge in [0.25, 0.3) is 5.91 Å². The van der Waals surface area contributed by atoms with Crippen molar-refractivity contribution in [3.63, 3.8) is 0 Å². The molecular weight excluding hydrogens is 404 g/mol.